The zero-order valence-corrected chi connectivity index (χ0v) is 8.63. The van der Waals surface area contributed by atoms with Crippen LogP contribution in [0.3, 0.4) is 0 Å². The van der Waals surface area contributed by atoms with E-state index in [4.69, 9.17) is 10.2 Å². The molecular formula is C10H18N2O. The second kappa shape index (κ2) is 4.42. The number of aromatic nitrogens is 1. The fraction of sp³-hybridized carbons (Fsp3) is 0.700. The summed E-state index contributed by atoms with van der Waals surface area (Å²) < 4.78 is 5.51. The van der Waals surface area contributed by atoms with Crippen molar-refractivity contribution < 1.29 is 4.42 Å². The zero-order valence-electron chi connectivity index (χ0n) is 8.63. The van der Waals surface area contributed by atoms with Crippen molar-refractivity contribution in [1.29, 1.82) is 0 Å². The first-order valence-corrected chi connectivity index (χ1v) is 4.81. The Morgan fingerprint density at radius 1 is 1.46 bits per heavy atom. The molecule has 1 aromatic rings. The number of aryl methyl sites for hydroxylation is 2. The number of hydrogen-bond donors (Lipinski definition) is 1. The maximum absolute atomic E-state index is 5.51. The largest absolute Gasteiger partial charge is 0.446 e. The lowest BCUT2D eigenvalue weighted by atomic mass is 10.1. The first-order chi connectivity index (χ1) is 6.15. The first kappa shape index (κ1) is 10.3. The van der Waals surface area contributed by atoms with Gasteiger partial charge in [-0.1, -0.05) is 13.8 Å². The highest BCUT2D eigenvalue weighted by atomic mass is 16.4. The third-order valence-electron chi connectivity index (χ3n) is 1.99. The highest BCUT2D eigenvalue weighted by Crippen LogP contribution is 2.20. The summed E-state index contributed by atoms with van der Waals surface area (Å²) in [5.74, 6) is 2.21. The highest BCUT2D eigenvalue weighted by Gasteiger charge is 2.13. The lowest BCUT2D eigenvalue weighted by Crippen LogP contribution is -2.02. The maximum Gasteiger partial charge on any atom is 0.191 e. The van der Waals surface area contributed by atoms with Crippen LogP contribution in [-0.2, 0) is 6.42 Å². The van der Waals surface area contributed by atoms with Gasteiger partial charge in [0.05, 0.1) is 5.69 Å². The van der Waals surface area contributed by atoms with Crippen molar-refractivity contribution >= 4 is 0 Å². The molecule has 0 fully saturated rings. The lowest BCUT2D eigenvalue weighted by molar-refractivity contribution is 0.467. The molecule has 0 saturated carbocycles. The smallest absolute Gasteiger partial charge is 0.191 e. The number of nitrogens with zero attached hydrogens (tertiary/aromatic N) is 1. The van der Waals surface area contributed by atoms with Crippen molar-refractivity contribution in [2.24, 2.45) is 5.73 Å². The number of nitrogens with two attached hydrogens (primary N) is 1. The average molecular weight is 182 g/mol. The van der Waals surface area contributed by atoms with Crippen LogP contribution in [0, 0.1) is 6.92 Å². The van der Waals surface area contributed by atoms with Gasteiger partial charge in [-0.05, 0) is 18.9 Å². The van der Waals surface area contributed by atoms with Crippen LogP contribution >= 0.6 is 0 Å². The molecule has 0 radical (unpaired) electrons. The minimum absolute atomic E-state index is 0.435. The first-order valence-electron chi connectivity index (χ1n) is 4.81. The van der Waals surface area contributed by atoms with Crippen molar-refractivity contribution in [2.45, 2.75) is 39.5 Å². The van der Waals surface area contributed by atoms with Crippen LogP contribution < -0.4 is 5.73 Å². The van der Waals surface area contributed by atoms with Gasteiger partial charge in [0.2, 0.25) is 0 Å². The van der Waals surface area contributed by atoms with E-state index >= 15 is 0 Å². The van der Waals surface area contributed by atoms with Gasteiger partial charge < -0.3 is 10.2 Å². The summed E-state index contributed by atoms with van der Waals surface area (Å²) in [6.45, 7) is 6.85. The van der Waals surface area contributed by atoms with Crippen LogP contribution in [0.5, 0.6) is 0 Å². The normalized spacial score (nSPS) is 11.2. The van der Waals surface area contributed by atoms with E-state index in [-0.39, 0.29) is 0 Å². The fourth-order valence-electron chi connectivity index (χ4n) is 1.38. The summed E-state index contributed by atoms with van der Waals surface area (Å²) in [5.41, 5.74) is 6.54. The van der Waals surface area contributed by atoms with E-state index < -0.39 is 0 Å². The molecule has 3 nitrogen and oxygen atoms in total. The molecule has 0 aliphatic rings. The third kappa shape index (κ3) is 2.56. The predicted molar refractivity (Wildman–Crippen MR) is 52.7 cm³/mol. The van der Waals surface area contributed by atoms with E-state index in [9.17, 15) is 0 Å². The molecule has 1 heterocycles. The number of oxazole rings is 1. The van der Waals surface area contributed by atoms with Gasteiger partial charge >= 0.3 is 0 Å². The molecule has 13 heavy (non-hydrogen) atoms. The summed E-state index contributed by atoms with van der Waals surface area (Å²) >= 11 is 0. The summed E-state index contributed by atoms with van der Waals surface area (Å²) in [6.07, 6.45) is 1.87. The summed E-state index contributed by atoms with van der Waals surface area (Å²) in [6, 6.07) is 0. The molecule has 0 spiro atoms. The van der Waals surface area contributed by atoms with E-state index in [2.05, 4.69) is 18.8 Å². The molecule has 0 amide bonds. The quantitative estimate of drug-likeness (QED) is 0.774. The van der Waals surface area contributed by atoms with Crippen molar-refractivity contribution in [2.75, 3.05) is 6.54 Å². The monoisotopic (exact) mass is 182 g/mol. The lowest BCUT2D eigenvalue weighted by Gasteiger charge is -2.02. The average Bonchev–Trinajstić information content (AvgIpc) is 2.43. The van der Waals surface area contributed by atoms with Gasteiger partial charge in [-0.25, -0.2) is 4.98 Å². The van der Waals surface area contributed by atoms with Crippen LogP contribution in [0.25, 0.3) is 0 Å². The SMILES string of the molecule is Cc1nc(C(C)C)c(CCCN)o1. The molecule has 0 saturated heterocycles. The van der Waals surface area contributed by atoms with Gasteiger partial charge in [-0.15, -0.1) is 0 Å². The molecule has 0 bridgehead atoms. The molecule has 0 atom stereocenters. The Morgan fingerprint density at radius 2 is 2.15 bits per heavy atom. The number of rotatable bonds is 4. The van der Waals surface area contributed by atoms with Gasteiger partial charge in [0.1, 0.15) is 5.76 Å². The summed E-state index contributed by atoms with van der Waals surface area (Å²) in [5, 5.41) is 0. The molecule has 0 aromatic carbocycles. The summed E-state index contributed by atoms with van der Waals surface area (Å²) in [4.78, 5) is 4.36. The standard InChI is InChI=1S/C10H18N2O/c1-7(2)10-9(5-4-6-11)13-8(3)12-10/h7H,4-6,11H2,1-3H3. The molecule has 2 N–H and O–H groups in total. The maximum atomic E-state index is 5.51. The van der Waals surface area contributed by atoms with E-state index in [1.165, 1.54) is 0 Å². The molecule has 0 aliphatic carbocycles. The molecule has 3 heteroatoms. The van der Waals surface area contributed by atoms with Crippen molar-refractivity contribution in [3.63, 3.8) is 0 Å². The van der Waals surface area contributed by atoms with Crippen molar-refractivity contribution in [1.82, 2.24) is 4.98 Å². The molecule has 1 rings (SSSR count). The minimum Gasteiger partial charge on any atom is -0.446 e. The van der Waals surface area contributed by atoms with Gasteiger partial charge in [0, 0.05) is 13.3 Å². The van der Waals surface area contributed by atoms with Crippen LogP contribution in [0.1, 0.15) is 43.5 Å². The molecule has 1 aromatic heterocycles. The van der Waals surface area contributed by atoms with Crippen LogP contribution in [0.2, 0.25) is 0 Å². The second-order valence-corrected chi connectivity index (χ2v) is 3.59. The van der Waals surface area contributed by atoms with Crippen LogP contribution in [0.15, 0.2) is 4.42 Å². The van der Waals surface area contributed by atoms with E-state index in [1.807, 2.05) is 6.92 Å². The van der Waals surface area contributed by atoms with Gasteiger partial charge in [-0.2, -0.15) is 0 Å². The Labute approximate surface area is 79.3 Å². The number of hydrogen-bond acceptors (Lipinski definition) is 3. The molecular weight excluding hydrogens is 164 g/mol. The summed E-state index contributed by atoms with van der Waals surface area (Å²) in [7, 11) is 0. The van der Waals surface area contributed by atoms with E-state index in [0.29, 0.717) is 12.5 Å². The minimum atomic E-state index is 0.435. The Hall–Kier alpha value is -0.830. The Bertz CT molecular complexity index is 266. The molecule has 0 unspecified atom stereocenters. The predicted octanol–water partition coefficient (Wildman–Crippen LogP) is 2.00. The zero-order chi connectivity index (χ0) is 9.84. The third-order valence-corrected chi connectivity index (χ3v) is 1.99. The topological polar surface area (TPSA) is 52.0 Å². The van der Waals surface area contributed by atoms with E-state index in [0.717, 1.165) is 30.2 Å². The van der Waals surface area contributed by atoms with Gasteiger partial charge in [0.25, 0.3) is 0 Å². The van der Waals surface area contributed by atoms with Crippen LogP contribution in [-0.4, -0.2) is 11.5 Å². The van der Waals surface area contributed by atoms with Crippen LogP contribution in [0.4, 0.5) is 0 Å². The van der Waals surface area contributed by atoms with Gasteiger partial charge in [0.15, 0.2) is 5.89 Å². The molecule has 74 valence electrons. The second-order valence-electron chi connectivity index (χ2n) is 3.59. The Kier molecular flexibility index (Phi) is 3.48. The Morgan fingerprint density at radius 3 is 2.69 bits per heavy atom. The van der Waals surface area contributed by atoms with Crippen molar-refractivity contribution in [3.8, 4) is 0 Å². The Balaban J connectivity index is 2.78. The van der Waals surface area contributed by atoms with Crippen molar-refractivity contribution in [3.05, 3.63) is 17.3 Å². The molecule has 0 aliphatic heterocycles. The van der Waals surface area contributed by atoms with Gasteiger partial charge in [-0.3, -0.25) is 0 Å². The highest BCUT2D eigenvalue weighted by molar-refractivity contribution is 5.13. The fourth-order valence-corrected chi connectivity index (χ4v) is 1.38. The van der Waals surface area contributed by atoms with E-state index in [1.54, 1.807) is 0 Å².